The van der Waals surface area contributed by atoms with Crippen molar-refractivity contribution < 1.29 is 5.11 Å². The molecule has 1 aromatic heterocycles. The number of nitrogens with zero attached hydrogens (tertiary/aromatic N) is 3. The average Bonchev–Trinajstić information content (AvgIpc) is 2.38. The Hall–Kier alpha value is -1.68. The van der Waals surface area contributed by atoms with Crippen LogP contribution in [0, 0.1) is 0 Å². The smallest absolute Gasteiger partial charge is 0.226 e. The van der Waals surface area contributed by atoms with Crippen molar-refractivity contribution in [2.75, 3.05) is 18.1 Å². The van der Waals surface area contributed by atoms with E-state index in [1.54, 1.807) is 0 Å². The molecule has 1 N–H and O–H groups in total. The SMILES string of the molecule is CC(C)N(CCCO)c1ncc2ccccc2n1. The van der Waals surface area contributed by atoms with Crippen LogP contribution in [0.15, 0.2) is 30.5 Å². The van der Waals surface area contributed by atoms with Gasteiger partial charge in [0.2, 0.25) is 5.95 Å². The van der Waals surface area contributed by atoms with E-state index in [0.717, 1.165) is 29.8 Å². The first kappa shape index (κ1) is 12.8. The number of aliphatic hydroxyl groups is 1. The number of rotatable bonds is 5. The molecule has 2 aromatic rings. The number of para-hydroxylation sites is 1. The van der Waals surface area contributed by atoms with Crippen molar-refractivity contribution in [1.29, 1.82) is 0 Å². The molecule has 0 saturated carbocycles. The number of aliphatic hydroxyl groups excluding tert-OH is 1. The fourth-order valence-electron chi connectivity index (χ4n) is 1.93. The Kier molecular flexibility index (Phi) is 4.10. The van der Waals surface area contributed by atoms with Gasteiger partial charge in [-0.15, -0.1) is 0 Å². The summed E-state index contributed by atoms with van der Waals surface area (Å²) in [6.45, 7) is 5.18. The number of aromatic nitrogens is 2. The third-order valence-electron chi connectivity index (χ3n) is 2.91. The molecule has 1 aromatic carbocycles. The van der Waals surface area contributed by atoms with E-state index in [1.807, 2.05) is 30.5 Å². The molecular weight excluding hydrogens is 226 g/mol. The summed E-state index contributed by atoms with van der Waals surface area (Å²) in [4.78, 5) is 11.1. The normalized spacial score (nSPS) is 11.1. The van der Waals surface area contributed by atoms with Gasteiger partial charge >= 0.3 is 0 Å². The summed E-state index contributed by atoms with van der Waals surface area (Å²) >= 11 is 0. The third kappa shape index (κ3) is 2.76. The number of hydrogen-bond donors (Lipinski definition) is 1. The van der Waals surface area contributed by atoms with E-state index < -0.39 is 0 Å². The molecule has 4 nitrogen and oxygen atoms in total. The zero-order valence-corrected chi connectivity index (χ0v) is 10.9. The van der Waals surface area contributed by atoms with Gasteiger partial charge < -0.3 is 10.0 Å². The molecule has 18 heavy (non-hydrogen) atoms. The molecule has 0 fully saturated rings. The van der Waals surface area contributed by atoms with Gasteiger partial charge in [-0.25, -0.2) is 9.97 Å². The first-order valence-electron chi connectivity index (χ1n) is 6.31. The maximum Gasteiger partial charge on any atom is 0.226 e. The highest BCUT2D eigenvalue weighted by molar-refractivity contribution is 5.78. The second kappa shape index (κ2) is 5.78. The molecule has 0 spiro atoms. The summed E-state index contributed by atoms with van der Waals surface area (Å²) in [5.41, 5.74) is 0.956. The first-order chi connectivity index (χ1) is 8.72. The van der Waals surface area contributed by atoms with Crippen LogP contribution in [0.2, 0.25) is 0 Å². The standard InChI is InChI=1S/C14H19N3O/c1-11(2)17(8-5-9-18)14-15-10-12-6-3-4-7-13(12)16-14/h3-4,6-7,10-11,18H,5,8-9H2,1-2H3. The lowest BCUT2D eigenvalue weighted by Gasteiger charge is -2.26. The van der Waals surface area contributed by atoms with Gasteiger partial charge in [0, 0.05) is 30.8 Å². The summed E-state index contributed by atoms with van der Waals surface area (Å²) in [5, 5.41) is 10.00. The zero-order valence-electron chi connectivity index (χ0n) is 10.9. The molecule has 1 heterocycles. The molecule has 0 aliphatic carbocycles. The minimum absolute atomic E-state index is 0.191. The predicted molar refractivity (Wildman–Crippen MR) is 73.7 cm³/mol. The van der Waals surface area contributed by atoms with Crippen molar-refractivity contribution in [1.82, 2.24) is 9.97 Å². The van der Waals surface area contributed by atoms with Crippen molar-refractivity contribution in [3.63, 3.8) is 0 Å². The first-order valence-corrected chi connectivity index (χ1v) is 6.31. The summed E-state index contributed by atoms with van der Waals surface area (Å²) in [6.07, 6.45) is 2.58. The molecule has 0 unspecified atom stereocenters. The van der Waals surface area contributed by atoms with Gasteiger partial charge in [-0.05, 0) is 26.3 Å². The van der Waals surface area contributed by atoms with Crippen LogP contribution in [0.3, 0.4) is 0 Å². The van der Waals surface area contributed by atoms with Crippen LogP contribution in [0.5, 0.6) is 0 Å². The van der Waals surface area contributed by atoms with Crippen LogP contribution in [0.1, 0.15) is 20.3 Å². The number of benzene rings is 1. The van der Waals surface area contributed by atoms with Crippen molar-refractivity contribution >= 4 is 16.9 Å². The summed E-state index contributed by atoms with van der Waals surface area (Å²) in [6, 6.07) is 8.28. The predicted octanol–water partition coefficient (Wildman–Crippen LogP) is 2.23. The van der Waals surface area contributed by atoms with Gasteiger partial charge in [0.1, 0.15) is 0 Å². The Labute approximate surface area is 107 Å². The van der Waals surface area contributed by atoms with Crippen LogP contribution in [-0.4, -0.2) is 34.3 Å². The lowest BCUT2D eigenvalue weighted by Crippen LogP contribution is -2.33. The van der Waals surface area contributed by atoms with Gasteiger partial charge in [-0.2, -0.15) is 0 Å². The quantitative estimate of drug-likeness (QED) is 0.877. The van der Waals surface area contributed by atoms with Crippen molar-refractivity contribution in [2.24, 2.45) is 0 Å². The Balaban J connectivity index is 2.32. The summed E-state index contributed by atoms with van der Waals surface area (Å²) in [5.74, 6) is 0.733. The molecule has 0 aliphatic rings. The van der Waals surface area contributed by atoms with Gasteiger partial charge in [0.25, 0.3) is 0 Å². The van der Waals surface area contributed by atoms with Gasteiger partial charge in [0.15, 0.2) is 0 Å². The molecule has 4 heteroatoms. The Morgan fingerprint density at radius 1 is 1.28 bits per heavy atom. The fraction of sp³-hybridized carbons (Fsp3) is 0.429. The van der Waals surface area contributed by atoms with Crippen LogP contribution in [0.4, 0.5) is 5.95 Å². The van der Waals surface area contributed by atoms with Crippen molar-refractivity contribution in [3.8, 4) is 0 Å². The van der Waals surface area contributed by atoms with Gasteiger partial charge in [-0.3, -0.25) is 0 Å². The third-order valence-corrected chi connectivity index (χ3v) is 2.91. The monoisotopic (exact) mass is 245 g/mol. The molecule has 0 amide bonds. The number of fused-ring (bicyclic) bond motifs is 1. The topological polar surface area (TPSA) is 49.2 Å². The van der Waals surface area contributed by atoms with Crippen LogP contribution >= 0.6 is 0 Å². The molecule has 0 radical (unpaired) electrons. The van der Waals surface area contributed by atoms with E-state index in [-0.39, 0.29) is 6.61 Å². The highest BCUT2D eigenvalue weighted by Gasteiger charge is 2.13. The molecule has 2 rings (SSSR count). The maximum atomic E-state index is 8.95. The lowest BCUT2D eigenvalue weighted by atomic mass is 10.2. The van der Waals surface area contributed by atoms with Crippen LogP contribution in [-0.2, 0) is 0 Å². The molecule has 0 bridgehead atoms. The van der Waals surface area contributed by atoms with Crippen LogP contribution < -0.4 is 4.90 Å². The zero-order chi connectivity index (χ0) is 13.0. The Morgan fingerprint density at radius 3 is 2.78 bits per heavy atom. The second-order valence-electron chi connectivity index (χ2n) is 4.59. The average molecular weight is 245 g/mol. The second-order valence-corrected chi connectivity index (χ2v) is 4.59. The highest BCUT2D eigenvalue weighted by atomic mass is 16.3. The highest BCUT2D eigenvalue weighted by Crippen LogP contribution is 2.16. The number of hydrogen-bond acceptors (Lipinski definition) is 4. The minimum Gasteiger partial charge on any atom is -0.396 e. The maximum absolute atomic E-state index is 8.95. The molecule has 0 saturated heterocycles. The van der Waals surface area contributed by atoms with E-state index >= 15 is 0 Å². The fourth-order valence-corrected chi connectivity index (χ4v) is 1.93. The molecule has 96 valence electrons. The summed E-state index contributed by atoms with van der Waals surface area (Å²) in [7, 11) is 0. The van der Waals surface area contributed by atoms with Crippen molar-refractivity contribution in [3.05, 3.63) is 30.5 Å². The molecule has 0 aliphatic heterocycles. The largest absolute Gasteiger partial charge is 0.396 e. The molecule has 0 atom stereocenters. The van der Waals surface area contributed by atoms with E-state index in [2.05, 4.69) is 28.7 Å². The van der Waals surface area contributed by atoms with Crippen molar-refractivity contribution in [2.45, 2.75) is 26.3 Å². The van der Waals surface area contributed by atoms with E-state index in [0.29, 0.717) is 6.04 Å². The van der Waals surface area contributed by atoms with Gasteiger partial charge in [-0.1, -0.05) is 18.2 Å². The van der Waals surface area contributed by atoms with Crippen LogP contribution in [0.25, 0.3) is 10.9 Å². The minimum atomic E-state index is 0.191. The lowest BCUT2D eigenvalue weighted by molar-refractivity contribution is 0.288. The van der Waals surface area contributed by atoms with Gasteiger partial charge in [0.05, 0.1) is 5.52 Å². The molecular formula is C14H19N3O. The van der Waals surface area contributed by atoms with E-state index in [4.69, 9.17) is 5.11 Å². The van der Waals surface area contributed by atoms with E-state index in [1.165, 1.54) is 0 Å². The summed E-state index contributed by atoms with van der Waals surface area (Å²) < 4.78 is 0. The van der Waals surface area contributed by atoms with E-state index in [9.17, 15) is 0 Å². The Morgan fingerprint density at radius 2 is 2.06 bits per heavy atom. The Bertz CT molecular complexity index is 513. The number of anilines is 1.